The highest BCUT2D eigenvalue weighted by atomic mass is 16.1. The second-order valence-electron chi connectivity index (χ2n) is 8.01. The van der Waals surface area contributed by atoms with Gasteiger partial charge in [0.15, 0.2) is 5.78 Å². The number of carbonyl (C=O) groups is 2. The smallest absolute Gasteiger partial charge is 0.155 e. The highest BCUT2D eigenvalue weighted by molar-refractivity contribution is 5.92. The van der Waals surface area contributed by atoms with Crippen molar-refractivity contribution in [3.05, 3.63) is 48.6 Å². The molecule has 0 aromatic rings. The van der Waals surface area contributed by atoms with E-state index in [0.29, 0.717) is 12.3 Å². The summed E-state index contributed by atoms with van der Waals surface area (Å²) in [6, 6.07) is 0. The largest absolute Gasteiger partial charge is 0.327 e. The lowest BCUT2D eigenvalue weighted by atomic mass is 10.1. The van der Waals surface area contributed by atoms with Crippen LogP contribution < -0.4 is 5.73 Å². The zero-order valence-corrected chi connectivity index (χ0v) is 27.9. The van der Waals surface area contributed by atoms with E-state index in [-0.39, 0.29) is 16.1 Å². The molecular weight excluding hydrogens is 466 g/mol. The van der Waals surface area contributed by atoms with Crippen LogP contribution in [0.2, 0.25) is 0 Å². The summed E-state index contributed by atoms with van der Waals surface area (Å²) in [5.41, 5.74) is 7.48. The van der Waals surface area contributed by atoms with Crippen LogP contribution in [0.3, 0.4) is 0 Å². The molecule has 0 heterocycles. The number of unbranched alkanes of at least 4 members (excludes halogenated alkanes) is 4. The van der Waals surface area contributed by atoms with Crippen LogP contribution >= 0.6 is 0 Å². The average molecular weight is 546 g/mol. The predicted molar refractivity (Wildman–Crippen MR) is 187 cm³/mol. The zero-order valence-electron chi connectivity index (χ0n) is 27.9. The molecule has 0 aromatic carbocycles. The number of rotatable bonds is 11. The number of hydrogen-bond acceptors (Lipinski definition) is 3. The summed E-state index contributed by atoms with van der Waals surface area (Å²) in [4.78, 5) is 20.9. The van der Waals surface area contributed by atoms with E-state index in [0.717, 1.165) is 31.3 Å². The fraction of sp³-hybridized carbons (Fsp3) is 0.714. The van der Waals surface area contributed by atoms with Crippen molar-refractivity contribution in [2.45, 2.75) is 162 Å². The van der Waals surface area contributed by atoms with Gasteiger partial charge in [0, 0.05) is 15.8 Å². The second-order valence-corrected chi connectivity index (χ2v) is 8.01. The summed E-state index contributed by atoms with van der Waals surface area (Å²) in [5, 5.41) is 0. The Morgan fingerprint density at radius 1 is 0.789 bits per heavy atom. The van der Waals surface area contributed by atoms with Crippen molar-refractivity contribution in [1.82, 2.24) is 0 Å². The van der Waals surface area contributed by atoms with Crippen LogP contribution in [0.15, 0.2) is 48.6 Å². The number of nitrogens with two attached hydrogens (primary N) is 1. The minimum absolute atomic E-state index is 0. The van der Waals surface area contributed by atoms with Gasteiger partial charge >= 0.3 is 0 Å². The van der Waals surface area contributed by atoms with Crippen LogP contribution in [0.4, 0.5) is 0 Å². The first-order chi connectivity index (χ1) is 17.6. The second kappa shape index (κ2) is 64.9. The lowest BCUT2D eigenvalue weighted by molar-refractivity contribution is -0.117. The molecule has 0 aliphatic carbocycles. The van der Waals surface area contributed by atoms with Crippen molar-refractivity contribution in [3.8, 4) is 0 Å². The number of allylic oxidation sites excluding steroid dienone is 4. The van der Waals surface area contributed by atoms with Gasteiger partial charge in [-0.05, 0) is 58.1 Å². The molecule has 0 bridgehead atoms. The molecule has 0 aliphatic heterocycles. The molecule has 0 rings (SSSR count). The highest BCUT2D eigenvalue weighted by Crippen LogP contribution is 2.04. The van der Waals surface area contributed by atoms with Crippen LogP contribution in [0, 0.1) is 0 Å². The zero-order chi connectivity index (χ0) is 30.9. The third-order valence-electron chi connectivity index (χ3n) is 3.87. The van der Waals surface area contributed by atoms with Crippen LogP contribution in [0.1, 0.15) is 164 Å². The summed E-state index contributed by atoms with van der Waals surface area (Å²) in [7, 11) is 0. The predicted octanol–water partition coefficient (Wildman–Crippen LogP) is 12.5. The van der Waals surface area contributed by atoms with Crippen LogP contribution in [0.5, 0.6) is 0 Å². The average Bonchev–Trinajstić information content (AvgIpc) is 2.89. The SMILES string of the molecule is C.C/C=C(/C=C\CC)CN.C=C.CC.CC/C=C(\C)C(C)=O.CCC.CCC.CCCCCCCC(C)=O.[HH].[HH]. The molecule has 0 spiro atoms. The molecule has 0 saturated carbocycles. The fourth-order valence-corrected chi connectivity index (χ4v) is 1.98. The van der Waals surface area contributed by atoms with Gasteiger partial charge in [-0.1, -0.05) is 133 Å². The molecule has 0 radical (unpaired) electrons. The van der Waals surface area contributed by atoms with E-state index in [9.17, 15) is 9.59 Å². The number of Topliss-reactive ketones (excluding diaryl/α,β-unsaturated/α-hetero) is 2. The normalized spacial score (nSPS) is 9.32. The van der Waals surface area contributed by atoms with Crippen molar-refractivity contribution in [2.24, 2.45) is 5.73 Å². The van der Waals surface area contributed by atoms with E-state index in [2.05, 4.69) is 66.9 Å². The maximum Gasteiger partial charge on any atom is 0.155 e. The summed E-state index contributed by atoms with van der Waals surface area (Å²) in [5.74, 6) is 0.503. The Morgan fingerprint density at radius 2 is 1.21 bits per heavy atom. The van der Waals surface area contributed by atoms with Crippen LogP contribution in [-0.2, 0) is 9.59 Å². The van der Waals surface area contributed by atoms with Crippen molar-refractivity contribution >= 4 is 11.6 Å². The molecule has 236 valence electrons. The Balaban J connectivity index is -0.0000000352. The standard InChI is InChI=1S/C9H18O.C8H15N.C7H12O.2C3H8.C2H6.C2H4.CH4.2H2/c1-3-4-5-6-7-8-9(2)10;1-3-5-6-8(4-2)7-9;1-4-5-6(2)7(3)8;2*1-3-2;2*1-2;;;/h3-8H2,1-2H3;4-6H,3,7,9H2,1-2H3;5H,4H2,1-3H3;2*3H2,1-2H3;1-2H3;1-2H2;1H4;2*1H/b;6-5-,8-4-;6-5+;;;;;;;. The molecule has 0 fully saturated rings. The molecule has 0 unspecified atom stereocenters. The van der Waals surface area contributed by atoms with Crippen molar-refractivity contribution in [3.63, 3.8) is 0 Å². The van der Waals surface area contributed by atoms with Gasteiger partial charge in [-0.25, -0.2) is 0 Å². The third-order valence-corrected chi connectivity index (χ3v) is 3.87. The van der Waals surface area contributed by atoms with Gasteiger partial charge in [-0.15, -0.1) is 13.2 Å². The van der Waals surface area contributed by atoms with Gasteiger partial charge in [0.1, 0.15) is 5.78 Å². The first kappa shape index (κ1) is 56.4. The minimum atomic E-state index is 0. The van der Waals surface area contributed by atoms with Crippen molar-refractivity contribution in [2.75, 3.05) is 6.54 Å². The molecule has 2 N–H and O–H groups in total. The Kier molecular flexibility index (Phi) is 96.4. The number of hydrogen-bond donors (Lipinski definition) is 1. The molecular formula is C35H79NO2. The van der Waals surface area contributed by atoms with Gasteiger partial charge in [-0.3, -0.25) is 4.79 Å². The summed E-state index contributed by atoms with van der Waals surface area (Å²) in [6.07, 6.45) is 19.7. The lowest BCUT2D eigenvalue weighted by Crippen LogP contribution is -1.99. The fourth-order valence-electron chi connectivity index (χ4n) is 1.98. The molecule has 0 saturated heterocycles. The van der Waals surface area contributed by atoms with E-state index in [1.165, 1.54) is 44.1 Å². The third kappa shape index (κ3) is 92.3. The number of carbonyl (C=O) groups excluding carboxylic acids is 2. The molecule has 0 aliphatic rings. The van der Waals surface area contributed by atoms with Crippen molar-refractivity contribution in [1.29, 1.82) is 0 Å². The Morgan fingerprint density at radius 3 is 1.45 bits per heavy atom. The van der Waals surface area contributed by atoms with Gasteiger partial charge in [0.25, 0.3) is 0 Å². The molecule has 0 amide bonds. The molecule has 0 aromatic heterocycles. The van der Waals surface area contributed by atoms with Crippen LogP contribution in [0.25, 0.3) is 0 Å². The highest BCUT2D eigenvalue weighted by Gasteiger charge is 1.92. The van der Waals surface area contributed by atoms with Gasteiger partial charge in [-0.2, -0.15) is 0 Å². The van der Waals surface area contributed by atoms with E-state index in [4.69, 9.17) is 5.73 Å². The quantitative estimate of drug-likeness (QED) is 0.121. The first-order valence-electron chi connectivity index (χ1n) is 14.8. The topological polar surface area (TPSA) is 60.2 Å². The van der Waals surface area contributed by atoms with E-state index < -0.39 is 0 Å². The van der Waals surface area contributed by atoms with E-state index >= 15 is 0 Å². The molecule has 38 heavy (non-hydrogen) atoms. The number of ketones is 2. The summed E-state index contributed by atoms with van der Waals surface area (Å²) >= 11 is 0. The van der Waals surface area contributed by atoms with Gasteiger partial charge in [0.05, 0.1) is 0 Å². The Hall–Kier alpha value is -1.74. The van der Waals surface area contributed by atoms with Gasteiger partial charge < -0.3 is 10.5 Å². The summed E-state index contributed by atoms with van der Waals surface area (Å²) < 4.78 is 0. The van der Waals surface area contributed by atoms with Crippen LogP contribution in [-0.4, -0.2) is 18.1 Å². The first-order valence-corrected chi connectivity index (χ1v) is 14.8. The monoisotopic (exact) mass is 546 g/mol. The van der Waals surface area contributed by atoms with E-state index in [1.54, 1.807) is 13.8 Å². The molecule has 0 atom stereocenters. The minimum Gasteiger partial charge on any atom is -0.327 e. The molecule has 3 nitrogen and oxygen atoms in total. The lowest BCUT2D eigenvalue weighted by Gasteiger charge is -1.95. The maximum absolute atomic E-state index is 10.5. The Labute approximate surface area is 246 Å². The van der Waals surface area contributed by atoms with Crippen molar-refractivity contribution < 1.29 is 12.4 Å². The maximum atomic E-state index is 10.5. The van der Waals surface area contributed by atoms with Gasteiger partial charge in [0.2, 0.25) is 0 Å². The van der Waals surface area contributed by atoms with E-state index in [1.807, 2.05) is 46.8 Å². The summed E-state index contributed by atoms with van der Waals surface area (Å²) in [6.45, 7) is 32.6. The Bertz CT molecular complexity index is 498. The molecule has 3 heteroatoms.